The minimum Gasteiger partial charge on any atom is -0.298 e. The summed E-state index contributed by atoms with van der Waals surface area (Å²) >= 11 is 1.58. The summed E-state index contributed by atoms with van der Waals surface area (Å²) in [5, 5.41) is 20.3. The molecule has 0 aliphatic rings. The zero-order valence-corrected chi connectivity index (χ0v) is 15.1. The molecule has 0 saturated heterocycles. The van der Waals surface area contributed by atoms with Gasteiger partial charge in [0.2, 0.25) is 0 Å². The third kappa shape index (κ3) is 4.00. The molecule has 1 aromatic heterocycles. The first kappa shape index (κ1) is 17.9. The molecule has 0 saturated carbocycles. The molecule has 3 rings (SSSR count). The molecule has 2 aromatic carbocycles. The third-order valence-electron chi connectivity index (χ3n) is 3.83. The molecule has 26 heavy (non-hydrogen) atoms. The van der Waals surface area contributed by atoms with Gasteiger partial charge in [0.1, 0.15) is 0 Å². The summed E-state index contributed by atoms with van der Waals surface area (Å²) in [4.78, 5) is 10.6. The molecule has 0 amide bonds. The van der Waals surface area contributed by atoms with Crippen molar-refractivity contribution in [3.05, 3.63) is 82.4 Å². The van der Waals surface area contributed by atoms with E-state index in [1.54, 1.807) is 30.0 Å². The molecule has 0 spiro atoms. The molecule has 0 fully saturated rings. The summed E-state index contributed by atoms with van der Waals surface area (Å²) in [5.74, 6) is 1.37. The van der Waals surface area contributed by atoms with Gasteiger partial charge in [-0.15, -0.1) is 16.8 Å². The quantitative estimate of drug-likeness (QED) is 0.264. The van der Waals surface area contributed by atoms with E-state index in [9.17, 15) is 10.1 Å². The van der Waals surface area contributed by atoms with Crippen molar-refractivity contribution in [1.82, 2.24) is 14.8 Å². The number of thioether (sulfide) groups is 1. The van der Waals surface area contributed by atoms with E-state index in [1.807, 2.05) is 4.57 Å². The topological polar surface area (TPSA) is 73.8 Å². The molecular formula is C19H18N4O2S. The Balaban J connectivity index is 1.88. The lowest BCUT2D eigenvalue weighted by Gasteiger charge is -2.08. The van der Waals surface area contributed by atoms with Gasteiger partial charge in [0.25, 0.3) is 5.69 Å². The van der Waals surface area contributed by atoms with E-state index in [4.69, 9.17) is 0 Å². The molecular weight excluding hydrogens is 348 g/mol. The molecule has 0 N–H and O–H groups in total. The number of rotatable bonds is 7. The summed E-state index contributed by atoms with van der Waals surface area (Å²) in [7, 11) is 0. The van der Waals surface area contributed by atoms with Crippen molar-refractivity contribution in [2.24, 2.45) is 0 Å². The molecule has 3 aromatic rings. The first-order valence-electron chi connectivity index (χ1n) is 8.05. The van der Waals surface area contributed by atoms with Crippen LogP contribution in [0.25, 0.3) is 11.4 Å². The molecule has 0 aliphatic heterocycles. The molecule has 6 nitrogen and oxygen atoms in total. The van der Waals surface area contributed by atoms with Crippen LogP contribution in [0.4, 0.5) is 5.69 Å². The van der Waals surface area contributed by atoms with E-state index in [2.05, 4.69) is 48.0 Å². The normalized spacial score (nSPS) is 10.7. The Hall–Kier alpha value is -2.93. The summed E-state index contributed by atoms with van der Waals surface area (Å²) < 4.78 is 1.92. The minimum absolute atomic E-state index is 0.0320. The highest BCUT2D eigenvalue weighted by atomic mass is 32.2. The maximum Gasteiger partial charge on any atom is 0.270 e. The van der Waals surface area contributed by atoms with E-state index < -0.39 is 4.92 Å². The summed E-state index contributed by atoms with van der Waals surface area (Å²) in [5.41, 5.74) is 3.12. The lowest BCUT2D eigenvalue weighted by molar-refractivity contribution is -0.384. The second kappa shape index (κ2) is 7.97. The van der Waals surface area contributed by atoms with E-state index in [0.29, 0.717) is 17.9 Å². The Morgan fingerprint density at radius 2 is 2.00 bits per heavy atom. The number of allylic oxidation sites excluding steroid dienone is 1. The standard InChI is InChI=1S/C19H18N4O2S/c1-3-11-22-18(16-5-4-6-17(12-16)23(24)25)20-21-19(22)26-13-15-9-7-14(2)8-10-15/h3-10,12H,1,11,13H2,2H3. The van der Waals surface area contributed by atoms with Crippen LogP contribution in [0.2, 0.25) is 0 Å². The SMILES string of the molecule is C=CCn1c(SCc2ccc(C)cc2)nnc1-c1cccc([N+](=O)[O-])c1. The van der Waals surface area contributed by atoms with Gasteiger partial charge < -0.3 is 0 Å². The molecule has 0 radical (unpaired) electrons. The Kier molecular flexibility index (Phi) is 5.48. The average molecular weight is 366 g/mol. The van der Waals surface area contributed by atoms with Crippen LogP contribution >= 0.6 is 11.8 Å². The highest BCUT2D eigenvalue weighted by Gasteiger charge is 2.16. The minimum atomic E-state index is -0.412. The van der Waals surface area contributed by atoms with Crippen molar-refractivity contribution in [3.63, 3.8) is 0 Å². The number of hydrogen-bond acceptors (Lipinski definition) is 5. The van der Waals surface area contributed by atoms with Crippen molar-refractivity contribution in [2.75, 3.05) is 0 Å². The van der Waals surface area contributed by atoms with Crippen molar-refractivity contribution < 1.29 is 4.92 Å². The Bertz CT molecular complexity index is 935. The third-order valence-corrected chi connectivity index (χ3v) is 4.87. The van der Waals surface area contributed by atoms with Crippen LogP contribution in [0, 0.1) is 17.0 Å². The van der Waals surface area contributed by atoms with Gasteiger partial charge >= 0.3 is 0 Å². The van der Waals surface area contributed by atoms with Crippen LogP contribution in [-0.2, 0) is 12.3 Å². The molecule has 0 bridgehead atoms. The fourth-order valence-corrected chi connectivity index (χ4v) is 3.40. The number of non-ortho nitro benzene ring substituents is 1. The Labute approximate surface area is 155 Å². The van der Waals surface area contributed by atoms with E-state index >= 15 is 0 Å². The number of nitrogens with zero attached hydrogens (tertiary/aromatic N) is 4. The zero-order valence-electron chi connectivity index (χ0n) is 14.3. The van der Waals surface area contributed by atoms with Crippen LogP contribution in [0.15, 0.2) is 66.3 Å². The van der Waals surface area contributed by atoms with Gasteiger partial charge in [0.05, 0.1) is 4.92 Å². The van der Waals surface area contributed by atoms with Gasteiger partial charge in [0, 0.05) is 30.0 Å². The molecule has 1 heterocycles. The lowest BCUT2D eigenvalue weighted by Crippen LogP contribution is -2.01. The average Bonchev–Trinajstić information content (AvgIpc) is 3.04. The highest BCUT2D eigenvalue weighted by molar-refractivity contribution is 7.98. The zero-order chi connectivity index (χ0) is 18.5. The van der Waals surface area contributed by atoms with E-state index in [1.165, 1.54) is 23.3 Å². The fraction of sp³-hybridized carbons (Fsp3) is 0.158. The van der Waals surface area contributed by atoms with Gasteiger partial charge in [-0.25, -0.2) is 0 Å². The highest BCUT2D eigenvalue weighted by Crippen LogP contribution is 2.28. The summed E-state index contributed by atoms with van der Waals surface area (Å²) in [6.45, 7) is 6.38. The van der Waals surface area contributed by atoms with Crippen molar-refractivity contribution in [2.45, 2.75) is 24.4 Å². The maximum absolute atomic E-state index is 11.0. The fourth-order valence-electron chi connectivity index (χ4n) is 2.49. The van der Waals surface area contributed by atoms with Gasteiger partial charge in [-0.3, -0.25) is 14.7 Å². The van der Waals surface area contributed by atoms with Crippen LogP contribution < -0.4 is 0 Å². The second-order valence-electron chi connectivity index (χ2n) is 5.79. The first-order chi connectivity index (χ1) is 12.6. The van der Waals surface area contributed by atoms with Crippen molar-refractivity contribution in [1.29, 1.82) is 0 Å². The smallest absolute Gasteiger partial charge is 0.270 e. The lowest BCUT2D eigenvalue weighted by atomic mass is 10.2. The van der Waals surface area contributed by atoms with E-state index in [0.717, 1.165) is 10.9 Å². The largest absolute Gasteiger partial charge is 0.298 e. The molecule has 132 valence electrons. The van der Waals surface area contributed by atoms with Gasteiger partial charge in [-0.2, -0.15) is 0 Å². The predicted molar refractivity (Wildman–Crippen MR) is 103 cm³/mol. The number of aryl methyl sites for hydroxylation is 1. The van der Waals surface area contributed by atoms with Crippen LogP contribution in [-0.4, -0.2) is 19.7 Å². The van der Waals surface area contributed by atoms with Crippen LogP contribution in [0.3, 0.4) is 0 Å². The Morgan fingerprint density at radius 1 is 1.23 bits per heavy atom. The maximum atomic E-state index is 11.0. The number of hydrogen-bond donors (Lipinski definition) is 0. The number of benzene rings is 2. The van der Waals surface area contributed by atoms with Crippen molar-refractivity contribution in [3.8, 4) is 11.4 Å². The van der Waals surface area contributed by atoms with Crippen LogP contribution in [0.5, 0.6) is 0 Å². The van der Waals surface area contributed by atoms with Gasteiger partial charge in [0.15, 0.2) is 11.0 Å². The number of nitro benzene ring substituents is 1. The summed E-state index contributed by atoms with van der Waals surface area (Å²) in [6.07, 6.45) is 1.76. The van der Waals surface area contributed by atoms with E-state index in [-0.39, 0.29) is 5.69 Å². The summed E-state index contributed by atoms with van der Waals surface area (Å²) in [6, 6.07) is 14.8. The second-order valence-corrected chi connectivity index (χ2v) is 6.73. The first-order valence-corrected chi connectivity index (χ1v) is 9.04. The molecule has 0 unspecified atom stereocenters. The number of aromatic nitrogens is 3. The van der Waals surface area contributed by atoms with Gasteiger partial charge in [-0.1, -0.05) is 59.8 Å². The molecule has 7 heteroatoms. The molecule has 0 aliphatic carbocycles. The van der Waals surface area contributed by atoms with Crippen molar-refractivity contribution >= 4 is 17.4 Å². The monoisotopic (exact) mass is 366 g/mol. The molecule has 0 atom stereocenters. The number of nitro groups is 1. The van der Waals surface area contributed by atoms with Crippen LogP contribution in [0.1, 0.15) is 11.1 Å². The predicted octanol–water partition coefficient (Wildman–Crippen LogP) is 4.64. The van der Waals surface area contributed by atoms with Gasteiger partial charge in [-0.05, 0) is 12.5 Å². The Morgan fingerprint density at radius 3 is 2.69 bits per heavy atom.